The van der Waals surface area contributed by atoms with E-state index in [9.17, 15) is 0 Å². The molecule has 8 aliphatic heterocycles. The molecular formula is C90H55B4N7. The van der Waals surface area contributed by atoms with Crippen molar-refractivity contribution in [2.24, 2.45) is 0 Å². The van der Waals surface area contributed by atoms with E-state index in [1.54, 1.807) is 0 Å². The molecule has 9 heterocycles. The first kappa shape index (κ1) is 54.2. The first-order valence-corrected chi connectivity index (χ1v) is 35.4. The van der Waals surface area contributed by atoms with Gasteiger partial charge in [0.2, 0.25) is 0 Å². The summed E-state index contributed by atoms with van der Waals surface area (Å²) in [5.74, 6) is 0. The van der Waals surface area contributed by atoms with Crippen LogP contribution < -0.4 is 95.0 Å². The molecule has 24 rings (SSSR count). The molecule has 0 amide bonds. The van der Waals surface area contributed by atoms with Crippen molar-refractivity contribution in [3.8, 4) is 5.69 Å². The highest BCUT2D eigenvalue weighted by Gasteiger charge is 2.54. The molecular weight excluding hydrogens is 1220 g/mol. The monoisotopic (exact) mass is 1280 g/mol. The fourth-order valence-electron chi connectivity index (χ4n) is 19.8. The van der Waals surface area contributed by atoms with E-state index in [1.807, 2.05) is 0 Å². The van der Waals surface area contributed by atoms with Crippen LogP contribution in [0.15, 0.2) is 334 Å². The Kier molecular flexibility index (Phi) is 10.7. The van der Waals surface area contributed by atoms with Crippen molar-refractivity contribution in [2.45, 2.75) is 0 Å². The van der Waals surface area contributed by atoms with Crippen LogP contribution in [0.25, 0.3) is 27.5 Å². The Morgan fingerprint density at radius 1 is 0.168 bits per heavy atom. The van der Waals surface area contributed by atoms with Gasteiger partial charge in [-0.2, -0.15) is 0 Å². The zero-order chi connectivity index (χ0) is 65.4. The fraction of sp³-hybridized carbons (Fsp3) is 0. The van der Waals surface area contributed by atoms with Crippen LogP contribution in [0.1, 0.15) is 0 Å². The van der Waals surface area contributed by atoms with E-state index >= 15 is 0 Å². The lowest BCUT2D eigenvalue weighted by Crippen LogP contribution is -2.69. The summed E-state index contributed by atoms with van der Waals surface area (Å²) < 4.78 is 2.75. The molecule has 0 saturated heterocycles. The number of rotatable bonds is 6. The van der Waals surface area contributed by atoms with Crippen LogP contribution in [0, 0.1) is 0 Å². The van der Waals surface area contributed by atoms with Gasteiger partial charge in [0.25, 0.3) is 26.9 Å². The lowest BCUT2D eigenvalue weighted by Gasteiger charge is -2.49. The number of fused-ring (bicyclic) bond motifs is 15. The summed E-state index contributed by atoms with van der Waals surface area (Å²) in [7, 11) is 0. The van der Waals surface area contributed by atoms with E-state index in [4.69, 9.17) is 0 Å². The molecule has 16 aromatic rings. The van der Waals surface area contributed by atoms with Gasteiger partial charge in [0.15, 0.2) is 0 Å². The van der Waals surface area contributed by atoms with E-state index in [0.717, 1.165) is 34.1 Å². The van der Waals surface area contributed by atoms with Crippen LogP contribution in [0.5, 0.6) is 0 Å². The Balaban J connectivity index is 0.819. The molecule has 0 spiro atoms. The molecule has 462 valence electrons. The first-order valence-electron chi connectivity index (χ1n) is 35.4. The van der Waals surface area contributed by atoms with E-state index in [-0.39, 0.29) is 26.9 Å². The van der Waals surface area contributed by atoms with Crippen LogP contribution in [0.4, 0.5) is 102 Å². The fourth-order valence-corrected chi connectivity index (χ4v) is 19.8. The predicted molar refractivity (Wildman–Crippen MR) is 428 cm³/mol. The summed E-state index contributed by atoms with van der Waals surface area (Å²) in [5, 5.41) is 2.58. The number of hydrogen-bond donors (Lipinski definition) is 0. The normalized spacial score (nSPS) is 14.3. The lowest BCUT2D eigenvalue weighted by atomic mass is 9.28. The number of aromatic nitrogens is 1. The number of benzene rings is 15. The van der Waals surface area contributed by atoms with Gasteiger partial charge in [0, 0.05) is 130 Å². The first-order chi connectivity index (χ1) is 50.2. The molecule has 101 heavy (non-hydrogen) atoms. The van der Waals surface area contributed by atoms with Crippen molar-refractivity contribution in [1.29, 1.82) is 0 Å². The molecule has 11 heteroatoms. The maximum Gasteiger partial charge on any atom is 0.252 e. The molecule has 0 aliphatic carbocycles. The Morgan fingerprint density at radius 2 is 0.416 bits per heavy atom. The summed E-state index contributed by atoms with van der Waals surface area (Å²) in [4.78, 5) is 15.4. The van der Waals surface area contributed by atoms with Crippen molar-refractivity contribution in [1.82, 2.24) is 4.57 Å². The smallest absolute Gasteiger partial charge is 0.252 e. The van der Waals surface area contributed by atoms with Crippen LogP contribution in [0.2, 0.25) is 0 Å². The maximum absolute atomic E-state index is 2.75. The Bertz CT molecular complexity index is 5920. The van der Waals surface area contributed by atoms with Crippen LogP contribution in [-0.4, -0.2) is 31.4 Å². The van der Waals surface area contributed by atoms with E-state index in [0.29, 0.717) is 0 Å². The molecule has 0 atom stereocenters. The van der Waals surface area contributed by atoms with Crippen molar-refractivity contribution in [3.05, 3.63) is 334 Å². The van der Waals surface area contributed by atoms with Gasteiger partial charge in [-0.05, 0) is 193 Å². The zero-order valence-electron chi connectivity index (χ0n) is 54.7. The van der Waals surface area contributed by atoms with Gasteiger partial charge in [-0.25, -0.2) is 0 Å². The summed E-state index contributed by atoms with van der Waals surface area (Å²) in [6.07, 6.45) is 0. The second-order valence-corrected chi connectivity index (χ2v) is 28.1. The van der Waals surface area contributed by atoms with Gasteiger partial charge in [0.05, 0.1) is 0 Å². The Morgan fingerprint density at radius 3 is 0.752 bits per heavy atom. The Hall–Kier alpha value is -12.8. The number of hydrogen-bond acceptors (Lipinski definition) is 6. The van der Waals surface area contributed by atoms with Crippen LogP contribution in [0.3, 0.4) is 0 Å². The summed E-state index contributed by atoms with van der Waals surface area (Å²) in [5.41, 5.74) is 40.7. The maximum atomic E-state index is 2.75. The second-order valence-electron chi connectivity index (χ2n) is 28.1. The van der Waals surface area contributed by atoms with Gasteiger partial charge in [-0.15, -0.1) is 0 Å². The molecule has 0 saturated carbocycles. The average molecular weight is 1280 g/mol. The van der Waals surface area contributed by atoms with E-state index in [1.165, 1.54) is 161 Å². The van der Waals surface area contributed by atoms with Gasteiger partial charge in [0.1, 0.15) is 0 Å². The molecule has 0 radical (unpaired) electrons. The van der Waals surface area contributed by atoms with Crippen LogP contribution in [-0.2, 0) is 0 Å². The highest BCUT2D eigenvalue weighted by Crippen LogP contribution is 2.52. The van der Waals surface area contributed by atoms with Gasteiger partial charge < -0.3 is 34.0 Å². The quantitative estimate of drug-likeness (QED) is 0.154. The third kappa shape index (κ3) is 6.97. The molecule has 7 nitrogen and oxygen atoms in total. The minimum atomic E-state index is -0.148. The van der Waals surface area contributed by atoms with E-state index in [2.05, 4.69) is 368 Å². The summed E-state index contributed by atoms with van der Waals surface area (Å²) in [6.45, 7) is -0.454. The highest BCUT2D eigenvalue weighted by molar-refractivity contribution is 7.06. The average Bonchev–Trinajstić information content (AvgIpc) is 1.62. The van der Waals surface area contributed by atoms with E-state index < -0.39 is 0 Å². The third-order valence-corrected chi connectivity index (χ3v) is 23.4. The summed E-state index contributed by atoms with van der Waals surface area (Å²) in [6, 6.07) is 127. The third-order valence-electron chi connectivity index (χ3n) is 23.4. The molecule has 0 N–H and O–H groups in total. The van der Waals surface area contributed by atoms with Gasteiger partial charge in [-0.3, -0.25) is 0 Å². The number of para-hydroxylation sites is 10. The topological polar surface area (TPSA) is 24.4 Å². The minimum Gasteiger partial charge on any atom is -0.311 e. The molecule has 15 aromatic carbocycles. The standard InChI is InChI=1S/C90H55B4N7/c1-7-27-56(28-8-1)95-72-45-21-19-41-64(72)91-68-51-70-80(53-78(68)97(58-31-11-3-12-32-58)76-49-25-47-74(95)84(76)91)99(60-35-15-5-16-36-60)82-55-83-87-90-86(82)93(70)66-43-23-39-62-63-40-24-44-67(89(63)101(90)88(62)66)94(87)71-52-69-79(54-81(71)100(83)61-37-17-6-18-38-61)98(59-33-13-4-14-34-59)77-50-26-48-75-85(77)92(69)65-42-20-22-46-73(65)96(75)57-29-9-2-10-30-57/h1-55H. The Labute approximate surface area is 586 Å². The summed E-state index contributed by atoms with van der Waals surface area (Å²) >= 11 is 0. The number of nitrogens with zero attached hydrogens (tertiary/aromatic N) is 7. The number of anilines is 18. The SMILES string of the molecule is c1ccc(N2c3ccccc3B3c4cc5c(cc4N(c4ccccc4)c4cccc2c43)N(c2ccccc2)c2cc3c4c6c2B5c2cccc5c7cccc(c7n-6c25)B4c2cc4c(cc2N3c2ccccc2)N(c2ccccc2)c2cccc3c2B4c2ccccc2N3c2ccccc2)cc1. The highest BCUT2D eigenvalue weighted by atomic mass is 15.2. The minimum absolute atomic E-state index is 0.0795. The lowest BCUT2D eigenvalue weighted by molar-refractivity contribution is 1.17. The van der Waals surface area contributed by atoms with Gasteiger partial charge >= 0.3 is 0 Å². The van der Waals surface area contributed by atoms with Crippen molar-refractivity contribution < 1.29 is 0 Å². The molecule has 0 unspecified atom stereocenters. The molecule has 1 aromatic heterocycles. The molecule has 0 fully saturated rings. The van der Waals surface area contributed by atoms with Gasteiger partial charge in [-0.1, -0.05) is 206 Å². The predicted octanol–water partition coefficient (Wildman–Crippen LogP) is 14.2. The van der Waals surface area contributed by atoms with Crippen molar-refractivity contribution >= 4 is 217 Å². The van der Waals surface area contributed by atoms with Crippen molar-refractivity contribution in [2.75, 3.05) is 29.4 Å². The van der Waals surface area contributed by atoms with Crippen LogP contribution >= 0.6 is 0 Å². The van der Waals surface area contributed by atoms with Crippen molar-refractivity contribution in [3.63, 3.8) is 0 Å². The largest absolute Gasteiger partial charge is 0.311 e. The zero-order valence-corrected chi connectivity index (χ0v) is 54.7. The molecule has 8 aliphatic rings. The molecule has 0 bridgehead atoms. The second kappa shape index (κ2) is 19.9.